The summed E-state index contributed by atoms with van der Waals surface area (Å²) >= 11 is 0. The van der Waals surface area contributed by atoms with Gasteiger partial charge in [-0.1, -0.05) is 5.16 Å². The molecule has 1 spiro atoms. The minimum absolute atomic E-state index is 0.0376. The summed E-state index contributed by atoms with van der Waals surface area (Å²) in [7, 11) is 0. The number of hydrogen-bond acceptors (Lipinski definition) is 7. The monoisotopic (exact) mass is 333 g/mol. The molecule has 24 heavy (non-hydrogen) atoms. The summed E-state index contributed by atoms with van der Waals surface area (Å²) in [6, 6.07) is 1.57. The maximum Gasteiger partial charge on any atom is 0.292 e. The van der Waals surface area contributed by atoms with E-state index >= 15 is 0 Å². The highest BCUT2D eigenvalue weighted by Crippen LogP contribution is 2.34. The van der Waals surface area contributed by atoms with Crippen molar-refractivity contribution in [3.63, 3.8) is 0 Å². The summed E-state index contributed by atoms with van der Waals surface area (Å²) in [4.78, 5) is 18.2. The van der Waals surface area contributed by atoms with E-state index in [0.717, 1.165) is 12.8 Å². The van der Waals surface area contributed by atoms with Crippen LogP contribution in [0.25, 0.3) is 0 Å². The summed E-state index contributed by atoms with van der Waals surface area (Å²) in [5, 5.41) is 7.72. The van der Waals surface area contributed by atoms with E-state index in [1.54, 1.807) is 22.0 Å². The van der Waals surface area contributed by atoms with Crippen LogP contribution in [0.5, 0.6) is 0 Å². The number of rotatable bonds is 3. The van der Waals surface area contributed by atoms with Crippen LogP contribution in [0.3, 0.4) is 0 Å². The SMILES string of the molecule is O=C(c1ccno1)N1CCOC[C@@]2(CC[C@H](Cn3cncn3)O2)C1. The number of aromatic nitrogens is 4. The van der Waals surface area contributed by atoms with Gasteiger partial charge < -0.3 is 18.9 Å². The summed E-state index contributed by atoms with van der Waals surface area (Å²) in [5.74, 6) is 0.0601. The Balaban J connectivity index is 1.45. The van der Waals surface area contributed by atoms with Crippen molar-refractivity contribution in [2.45, 2.75) is 31.1 Å². The highest BCUT2D eigenvalue weighted by atomic mass is 16.6. The quantitative estimate of drug-likeness (QED) is 0.800. The third kappa shape index (κ3) is 3.04. The second-order valence-electron chi connectivity index (χ2n) is 6.24. The smallest absolute Gasteiger partial charge is 0.292 e. The van der Waals surface area contributed by atoms with E-state index < -0.39 is 5.60 Å². The number of hydrogen-bond donors (Lipinski definition) is 0. The summed E-state index contributed by atoms with van der Waals surface area (Å²) in [5.41, 5.74) is -0.475. The van der Waals surface area contributed by atoms with Gasteiger partial charge in [0.25, 0.3) is 5.91 Å². The molecular formula is C15H19N5O4. The van der Waals surface area contributed by atoms with Gasteiger partial charge in [0.2, 0.25) is 5.76 Å². The number of amides is 1. The van der Waals surface area contributed by atoms with Gasteiger partial charge in [0.1, 0.15) is 18.3 Å². The Kier molecular flexibility index (Phi) is 4.03. The van der Waals surface area contributed by atoms with Crippen molar-refractivity contribution in [3.8, 4) is 0 Å². The molecule has 2 atom stereocenters. The standard InChI is InChI=1S/C15H19N5O4/c21-14(13-2-4-18-24-13)19-5-6-22-9-15(8-19)3-1-12(23-15)7-20-11-16-10-17-20/h2,4,10-12H,1,3,5-9H2/t12-,15-/m1/s1. The fraction of sp³-hybridized carbons (Fsp3) is 0.600. The number of carbonyl (C=O) groups excluding carboxylic acids is 1. The Morgan fingerprint density at radius 3 is 3.21 bits per heavy atom. The lowest BCUT2D eigenvalue weighted by molar-refractivity contribution is -0.0882. The van der Waals surface area contributed by atoms with E-state index in [2.05, 4.69) is 15.2 Å². The zero-order valence-corrected chi connectivity index (χ0v) is 13.2. The zero-order valence-electron chi connectivity index (χ0n) is 13.2. The van der Waals surface area contributed by atoms with E-state index in [0.29, 0.717) is 32.8 Å². The van der Waals surface area contributed by atoms with Gasteiger partial charge in [-0.3, -0.25) is 9.48 Å². The number of nitrogens with zero attached hydrogens (tertiary/aromatic N) is 5. The molecule has 2 aliphatic heterocycles. The molecule has 2 aromatic rings. The van der Waals surface area contributed by atoms with Gasteiger partial charge in [-0.2, -0.15) is 5.10 Å². The van der Waals surface area contributed by atoms with Crippen LogP contribution in [-0.4, -0.2) is 68.7 Å². The van der Waals surface area contributed by atoms with Crippen LogP contribution < -0.4 is 0 Å². The Bertz CT molecular complexity index is 674. The third-order valence-electron chi connectivity index (χ3n) is 4.48. The van der Waals surface area contributed by atoms with Crippen molar-refractivity contribution >= 4 is 5.91 Å². The lowest BCUT2D eigenvalue weighted by Gasteiger charge is -2.31. The molecule has 0 bridgehead atoms. The van der Waals surface area contributed by atoms with Crippen molar-refractivity contribution in [2.24, 2.45) is 0 Å². The lowest BCUT2D eigenvalue weighted by atomic mass is 10.00. The molecule has 2 fully saturated rings. The van der Waals surface area contributed by atoms with Crippen LogP contribution in [0, 0.1) is 0 Å². The second kappa shape index (κ2) is 6.33. The normalized spacial score (nSPS) is 27.5. The fourth-order valence-corrected chi connectivity index (χ4v) is 3.34. The van der Waals surface area contributed by atoms with E-state index in [1.165, 1.54) is 12.5 Å². The Morgan fingerprint density at radius 2 is 2.42 bits per heavy atom. The first-order chi connectivity index (χ1) is 11.7. The molecule has 0 aromatic carbocycles. The first kappa shape index (κ1) is 15.3. The number of carbonyl (C=O) groups is 1. The molecule has 128 valence electrons. The Hall–Kier alpha value is -2.26. The highest BCUT2D eigenvalue weighted by Gasteiger charge is 2.44. The van der Waals surface area contributed by atoms with Crippen molar-refractivity contribution in [2.75, 3.05) is 26.3 Å². The van der Waals surface area contributed by atoms with Crippen molar-refractivity contribution in [1.29, 1.82) is 0 Å². The Labute approximate surface area is 138 Å². The van der Waals surface area contributed by atoms with Crippen molar-refractivity contribution in [3.05, 3.63) is 30.7 Å². The van der Waals surface area contributed by atoms with Gasteiger partial charge in [-0.05, 0) is 12.8 Å². The van der Waals surface area contributed by atoms with Crippen LogP contribution in [0.1, 0.15) is 23.4 Å². The molecule has 2 aromatic heterocycles. The zero-order chi connectivity index (χ0) is 16.4. The van der Waals surface area contributed by atoms with Gasteiger partial charge in [0, 0.05) is 12.6 Å². The molecule has 4 heterocycles. The molecule has 2 aliphatic rings. The minimum Gasteiger partial charge on any atom is -0.377 e. The van der Waals surface area contributed by atoms with Crippen LogP contribution in [-0.2, 0) is 16.0 Å². The predicted molar refractivity (Wildman–Crippen MR) is 80.1 cm³/mol. The van der Waals surface area contributed by atoms with Crippen LogP contribution in [0.2, 0.25) is 0 Å². The van der Waals surface area contributed by atoms with Gasteiger partial charge in [-0.25, -0.2) is 4.98 Å². The van der Waals surface area contributed by atoms with Crippen LogP contribution in [0.4, 0.5) is 0 Å². The summed E-state index contributed by atoms with van der Waals surface area (Å²) < 4.78 is 18.8. The first-order valence-electron chi connectivity index (χ1n) is 8.02. The summed E-state index contributed by atoms with van der Waals surface area (Å²) in [6.45, 7) is 2.62. The predicted octanol–water partition coefficient (Wildman–Crippen LogP) is 0.356. The topological polar surface area (TPSA) is 95.5 Å². The van der Waals surface area contributed by atoms with Gasteiger partial charge in [0.15, 0.2) is 0 Å². The van der Waals surface area contributed by atoms with Gasteiger partial charge in [-0.15, -0.1) is 0 Å². The lowest BCUT2D eigenvalue weighted by Crippen LogP contribution is -2.46. The van der Waals surface area contributed by atoms with Gasteiger partial charge >= 0.3 is 0 Å². The van der Waals surface area contributed by atoms with Crippen molar-refractivity contribution in [1.82, 2.24) is 24.8 Å². The third-order valence-corrected chi connectivity index (χ3v) is 4.48. The summed E-state index contributed by atoms with van der Waals surface area (Å²) in [6.07, 6.45) is 6.43. The molecule has 0 N–H and O–H groups in total. The molecule has 4 rings (SSSR count). The maximum atomic E-state index is 12.6. The molecule has 0 unspecified atom stereocenters. The maximum absolute atomic E-state index is 12.6. The highest BCUT2D eigenvalue weighted by molar-refractivity contribution is 5.91. The molecular weight excluding hydrogens is 314 g/mol. The molecule has 0 saturated carbocycles. The fourth-order valence-electron chi connectivity index (χ4n) is 3.34. The van der Waals surface area contributed by atoms with Crippen LogP contribution >= 0.6 is 0 Å². The molecule has 0 radical (unpaired) electrons. The van der Waals surface area contributed by atoms with E-state index in [9.17, 15) is 4.79 Å². The molecule has 9 nitrogen and oxygen atoms in total. The molecule has 1 amide bonds. The average Bonchev–Trinajstić information content (AvgIpc) is 3.30. The second-order valence-corrected chi connectivity index (χ2v) is 6.24. The largest absolute Gasteiger partial charge is 0.377 e. The molecule has 9 heteroatoms. The van der Waals surface area contributed by atoms with Crippen LogP contribution in [0.15, 0.2) is 29.4 Å². The van der Waals surface area contributed by atoms with E-state index in [-0.39, 0.29) is 17.8 Å². The average molecular weight is 333 g/mol. The first-order valence-corrected chi connectivity index (χ1v) is 8.02. The molecule has 2 saturated heterocycles. The van der Waals surface area contributed by atoms with E-state index in [4.69, 9.17) is 14.0 Å². The Morgan fingerprint density at radius 1 is 1.46 bits per heavy atom. The van der Waals surface area contributed by atoms with Crippen molar-refractivity contribution < 1.29 is 18.8 Å². The molecule has 0 aliphatic carbocycles. The minimum atomic E-state index is -0.475. The van der Waals surface area contributed by atoms with Gasteiger partial charge in [0.05, 0.1) is 38.6 Å². The number of ether oxygens (including phenoxy) is 2. The van der Waals surface area contributed by atoms with E-state index in [1.807, 2.05) is 0 Å².